The highest BCUT2D eigenvalue weighted by Crippen LogP contribution is 2.21. The van der Waals surface area contributed by atoms with Gasteiger partial charge in [-0.25, -0.2) is 9.48 Å². The molecule has 0 bridgehead atoms. The number of aromatic nitrogens is 4. The molecule has 0 amide bonds. The quantitative estimate of drug-likeness (QED) is 0.350. The van der Waals surface area contributed by atoms with Gasteiger partial charge in [-0.1, -0.05) is 5.21 Å². The maximum atomic E-state index is 11.4. The summed E-state index contributed by atoms with van der Waals surface area (Å²) in [5.41, 5.74) is 8.93. The predicted molar refractivity (Wildman–Crippen MR) is 59.3 cm³/mol. The van der Waals surface area contributed by atoms with Gasteiger partial charge in [0.1, 0.15) is 0 Å². The molecular weight excluding hydrogens is 238 g/mol. The molecule has 0 aromatic carbocycles. The lowest BCUT2D eigenvalue weighted by Gasteiger charge is -2.01. The molecule has 90 valence electrons. The molecule has 0 N–H and O–H groups in total. The number of hydrogen-bond acceptors (Lipinski definition) is 6. The molecule has 0 unspecified atom stereocenters. The summed E-state index contributed by atoms with van der Waals surface area (Å²) in [7, 11) is 1.20. The Morgan fingerprint density at radius 2 is 2.22 bits per heavy atom. The van der Waals surface area contributed by atoms with E-state index in [0.717, 1.165) is 0 Å². The van der Waals surface area contributed by atoms with Gasteiger partial charge in [-0.05, 0) is 22.8 Å². The zero-order valence-electron chi connectivity index (χ0n) is 9.26. The van der Waals surface area contributed by atoms with E-state index in [-0.39, 0.29) is 11.5 Å². The van der Waals surface area contributed by atoms with Gasteiger partial charge in [0.2, 0.25) is 5.69 Å². The van der Waals surface area contributed by atoms with Crippen LogP contribution in [0.1, 0.15) is 10.5 Å². The normalized spacial score (nSPS) is 9.61. The Balaban J connectivity index is 2.59. The van der Waals surface area contributed by atoms with Gasteiger partial charge in [0.25, 0.3) is 0 Å². The summed E-state index contributed by atoms with van der Waals surface area (Å²) in [6, 6.07) is 3.26. The molecule has 0 aliphatic rings. The Morgan fingerprint density at radius 1 is 1.50 bits per heavy atom. The minimum absolute atomic E-state index is 0.0319. The second-order valence-electron chi connectivity index (χ2n) is 3.06. The fourth-order valence-electron chi connectivity index (χ4n) is 1.30. The van der Waals surface area contributed by atoms with Gasteiger partial charge in [-0.3, -0.25) is 4.98 Å². The van der Waals surface area contributed by atoms with Crippen LogP contribution in [0.4, 0.5) is 5.82 Å². The number of nitrogens with zero attached hydrogens (tertiary/aromatic N) is 7. The number of carbonyl (C=O) groups is 1. The Kier molecular flexibility index (Phi) is 3.17. The molecule has 0 aliphatic heterocycles. The first-order valence-electron chi connectivity index (χ1n) is 4.77. The number of carbonyl (C=O) groups excluding carboxylic acids is 1. The fourth-order valence-corrected chi connectivity index (χ4v) is 1.30. The number of esters is 1. The van der Waals surface area contributed by atoms with E-state index < -0.39 is 5.97 Å². The van der Waals surface area contributed by atoms with Gasteiger partial charge in [-0.15, -0.1) is 5.10 Å². The molecule has 18 heavy (non-hydrogen) atoms. The SMILES string of the molecule is COC(=O)c1nnn(-c2ccncc2)c1N=[N+]=[N-]. The Bertz CT molecular complexity index is 615. The number of hydrogen-bond donors (Lipinski definition) is 0. The van der Waals surface area contributed by atoms with E-state index in [1.54, 1.807) is 12.1 Å². The third-order valence-corrected chi connectivity index (χ3v) is 2.07. The Labute approximate surface area is 101 Å². The molecule has 0 atom stereocenters. The number of ether oxygens (including phenoxy) is 1. The van der Waals surface area contributed by atoms with E-state index >= 15 is 0 Å². The highest BCUT2D eigenvalue weighted by Gasteiger charge is 2.20. The van der Waals surface area contributed by atoms with Crippen LogP contribution >= 0.6 is 0 Å². The molecule has 2 heterocycles. The number of pyridine rings is 1. The van der Waals surface area contributed by atoms with Crippen molar-refractivity contribution in [2.45, 2.75) is 0 Å². The second-order valence-corrected chi connectivity index (χ2v) is 3.06. The van der Waals surface area contributed by atoms with E-state index in [9.17, 15) is 4.79 Å². The highest BCUT2D eigenvalue weighted by atomic mass is 16.5. The van der Waals surface area contributed by atoms with Gasteiger partial charge in [0.15, 0.2) is 5.82 Å². The van der Waals surface area contributed by atoms with Crippen LogP contribution in [0.5, 0.6) is 0 Å². The summed E-state index contributed by atoms with van der Waals surface area (Å²) >= 11 is 0. The third-order valence-electron chi connectivity index (χ3n) is 2.07. The molecule has 0 saturated heterocycles. The van der Waals surface area contributed by atoms with E-state index in [1.807, 2.05) is 0 Å². The maximum Gasteiger partial charge on any atom is 0.360 e. The minimum atomic E-state index is -0.724. The molecule has 0 radical (unpaired) electrons. The van der Waals surface area contributed by atoms with Crippen molar-refractivity contribution in [2.75, 3.05) is 7.11 Å². The lowest BCUT2D eigenvalue weighted by molar-refractivity contribution is 0.0595. The van der Waals surface area contributed by atoms with Crippen LogP contribution in [-0.2, 0) is 4.74 Å². The van der Waals surface area contributed by atoms with Gasteiger partial charge in [0.05, 0.1) is 12.8 Å². The van der Waals surface area contributed by atoms with Crippen molar-refractivity contribution >= 4 is 11.8 Å². The molecule has 0 saturated carbocycles. The van der Waals surface area contributed by atoms with E-state index in [0.29, 0.717) is 5.69 Å². The maximum absolute atomic E-state index is 11.4. The van der Waals surface area contributed by atoms with Gasteiger partial charge >= 0.3 is 5.97 Å². The molecule has 9 nitrogen and oxygen atoms in total. The molecule has 0 fully saturated rings. The number of rotatable bonds is 3. The first-order chi connectivity index (χ1) is 8.77. The van der Waals surface area contributed by atoms with Crippen LogP contribution in [0.25, 0.3) is 16.1 Å². The second kappa shape index (κ2) is 4.93. The summed E-state index contributed by atoms with van der Waals surface area (Å²) in [5.74, 6) is -0.756. The zero-order valence-corrected chi connectivity index (χ0v) is 9.26. The van der Waals surface area contributed by atoms with Crippen LogP contribution in [0.2, 0.25) is 0 Å². The van der Waals surface area contributed by atoms with Crippen LogP contribution in [0.15, 0.2) is 29.6 Å². The minimum Gasteiger partial charge on any atom is -0.464 e. The number of azide groups is 1. The van der Waals surface area contributed by atoms with Gasteiger partial charge in [-0.2, -0.15) is 0 Å². The van der Waals surface area contributed by atoms with Gasteiger partial charge < -0.3 is 4.74 Å². The highest BCUT2D eigenvalue weighted by molar-refractivity contribution is 5.91. The summed E-state index contributed by atoms with van der Waals surface area (Å²) in [6.07, 6.45) is 3.07. The lowest BCUT2D eigenvalue weighted by atomic mass is 10.4. The van der Waals surface area contributed by atoms with Crippen molar-refractivity contribution in [3.05, 3.63) is 40.7 Å². The predicted octanol–water partition coefficient (Wildman–Crippen LogP) is 1.39. The molecule has 0 spiro atoms. The van der Waals surface area contributed by atoms with Crippen LogP contribution in [-0.4, -0.2) is 33.1 Å². The van der Waals surface area contributed by atoms with Gasteiger partial charge in [0, 0.05) is 17.3 Å². The topological polar surface area (TPSA) is 119 Å². The average molecular weight is 245 g/mol. The summed E-state index contributed by atoms with van der Waals surface area (Å²) in [6.45, 7) is 0. The zero-order chi connectivity index (χ0) is 13.0. The summed E-state index contributed by atoms with van der Waals surface area (Å²) in [4.78, 5) is 17.9. The van der Waals surface area contributed by atoms with E-state index in [1.165, 1.54) is 24.2 Å². The molecule has 2 aromatic rings. The van der Waals surface area contributed by atoms with Crippen molar-refractivity contribution in [1.82, 2.24) is 20.0 Å². The first-order valence-corrected chi connectivity index (χ1v) is 4.77. The lowest BCUT2D eigenvalue weighted by Crippen LogP contribution is -2.02. The van der Waals surface area contributed by atoms with Crippen molar-refractivity contribution in [3.63, 3.8) is 0 Å². The molecular formula is C9H7N7O2. The Morgan fingerprint density at radius 3 is 2.83 bits per heavy atom. The first kappa shape index (κ1) is 11.6. The molecule has 9 heteroatoms. The Hall–Kier alpha value is -2.93. The summed E-state index contributed by atoms with van der Waals surface area (Å²) in [5, 5.41) is 10.8. The van der Waals surface area contributed by atoms with Crippen LogP contribution in [0, 0.1) is 0 Å². The average Bonchev–Trinajstić information content (AvgIpc) is 2.83. The molecule has 2 rings (SSSR count). The number of methoxy groups -OCH3 is 1. The fraction of sp³-hybridized carbons (Fsp3) is 0.111. The van der Waals surface area contributed by atoms with Crippen LogP contribution in [0.3, 0.4) is 0 Å². The van der Waals surface area contributed by atoms with Crippen molar-refractivity contribution in [3.8, 4) is 5.69 Å². The monoisotopic (exact) mass is 245 g/mol. The van der Waals surface area contributed by atoms with Crippen molar-refractivity contribution in [2.24, 2.45) is 5.11 Å². The summed E-state index contributed by atoms with van der Waals surface area (Å²) < 4.78 is 5.75. The van der Waals surface area contributed by atoms with Crippen molar-refractivity contribution in [1.29, 1.82) is 0 Å². The van der Waals surface area contributed by atoms with Crippen molar-refractivity contribution < 1.29 is 9.53 Å². The van der Waals surface area contributed by atoms with E-state index in [4.69, 9.17) is 5.53 Å². The standard InChI is InChI=1S/C9H7N7O2/c1-18-9(17)7-8(13-14-10)16(15-12-7)6-2-4-11-5-3-6/h2-5H,1H3. The molecule has 2 aromatic heterocycles. The molecule has 0 aliphatic carbocycles. The van der Waals surface area contributed by atoms with E-state index in [2.05, 4.69) is 30.1 Å². The largest absolute Gasteiger partial charge is 0.464 e. The smallest absolute Gasteiger partial charge is 0.360 e. The van der Waals surface area contributed by atoms with Crippen LogP contribution < -0.4 is 0 Å². The third kappa shape index (κ3) is 1.97.